The maximum absolute atomic E-state index is 8.63. The molecule has 1 atom stereocenters. The van der Waals surface area contributed by atoms with E-state index in [9.17, 15) is 0 Å². The zero-order valence-corrected chi connectivity index (χ0v) is 9.73. The van der Waals surface area contributed by atoms with Gasteiger partial charge in [-0.15, -0.1) is 0 Å². The Morgan fingerprint density at radius 3 is 3.06 bits per heavy atom. The smallest absolute Gasteiger partial charge is 0.213 e. The van der Waals surface area contributed by atoms with Gasteiger partial charge in [-0.25, -0.2) is 4.98 Å². The summed E-state index contributed by atoms with van der Waals surface area (Å²) >= 11 is 0. The van der Waals surface area contributed by atoms with Crippen molar-refractivity contribution in [3.8, 4) is 11.9 Å². The van der Waals surface area contributed by atoms with Crippen molar-refractivity contribution in [2.45, 2.75) is 32.4 Å². The SMILES string of the molecule is CCC(CC#N)NCc1ccnc(OC)c1. The summed E-state index contributed by atoms with van der Waals surface area (Å²) in [4.78, 5) is 4.04. The highest BCUT2D eigenvalue weighted by Crippen LogP contribution is 2.09. The Morgan fingerprint density at radius 2 is 2.44 bits per heavy atom. The van der Waals surface area contributed by atoms with E-state index >= 15 is 0 Å². The zero-order chi connectivity index (χ0) is 11.8. The van der Waals surface area contributed by atoms with E-state index in [1.54, 1.807) is 13.3 Å². The number of aromatic nitrogens is 1. The number of rotatable bonds is 6. The van der Waals surface area contributed by atoms with Crippen molar-refractivity contribution in [1.82, 2.24) is 10.3 Å². The van der Waals surface area contributed by atoms with Crippen molar-refractivity contribution in [2.24, 2.45) is 0 Å². The highest BCUT2D eigenvalue weighted by molar-refractivity contribution is 5.20. The lowest BCUT2D eigenvalue weighted by Crippen LogP contribution is -2.27. The summed E-state index contributed by atoms with van der Waals surface area (Å²) in [6, 6.07) is 6.27. The monoisotopic (exact) mass is 219 g/mol. The molecule has 0 aliphatic rings. The second-order valence-electron chi connectivity index (χ2n) is 3.55. The first kappa shape index (κ1) is 12.5. The van der Waals surface area contributed by atoms with Gasteiger partial charge in [0, 0.05) is 24.8 Å². The van der Waals surface area contributed by atoms with E-state index < -0.39 is 0 Å². The zero-order valence-electron chi connectivity index (χ0n) is 9.73. The summed E-state index contributed by atoms with van der Waals surface area (Å²) in [6.45, 7) is 2.81. The quantitative estimate of drug-likeness (QED) is 0.793. The average Bonchev–Trinajstić information content (AvgIpc) is 2.34. The Morgan fingerprint density at radius 1 is 1.62 bits per heavy atom. The largest absolute Gasteiger partial charge is 0.481 e. The van der Waals surface area contributed by atoms with Gasteiger partial charge < -0.3 is 10.1 Å². The molecule has 0 aliphatic carbocycles. The van der Waals surface area contributed by atoms with Gasteiger partial charge in [0.1, 0.15) is 0 Å². The molecule has 0 spiro atoms. The molecule has 1 unspecified atom stereocenters. The fourth-order valence-corrected chi connectivity index (χ4v) is 1.41. The number of hydrogen-bond donors (Lipinski definition) is 1. The molecule has 0 amide bonds. The molecule has 1 heterocycles. The lowest BCUT2D eigenvalue weighted by atomic mass is 10.1. The van der Waals surface area contributed by atoms with Crippen molar-refractivity contribution in [3.63, 3.8) is 0 Å². The van der Waals surface area contributed by atoms with Crippen LogP contribution in [0.15, 0.2) is 18.3 Å². The highest BCUT2D eigenvalue weighted by atomic mass is 16.5. The van der Waals surface area contributed by atoms with E-state index in [0.29, 0.717) is 12.3 Å². The minimum Gasteiger partial charge on any atom is -0.481 e. The van der Waals surface area contributed by atoms with Gasteiger partial charge in [-0.05, 0) is 18.1 Å². The summed E-state index contributed by atoms with van der Waals surface area (Å²) in [6.07, 6.45) is 3.22. The third-order valence-corrected chi connectivity index (χ3v) is 2.43. The molecule has 0 saturated carbocycles. The molecule has 4 heteroatoms. The van der Waals surface area contributed by atoms with E-state index in [-0.39, 0.29) is 6.04 Å². The summed E-state index contributed by atoms with van der Waals surface area (Å²) in [5.74, 6) is 0.618. The molecule has 16 heavy (non-hydrogen) atoms. The van der Waals surface area contributed by atoms with Gasteiger partial charge in [0.2, 0.25) is 5.88 Å². The van der Waals surface area contributed by atoms with Crippen LogP contribution >= 0.6 is 0 Å². The predicted octanol–water partition coefficient (Wildman–Crippen LogP) is 1.87. The number of ether oxygens (including phenoxy) is 1. The topological polar surface area (TPSA) is 57.9 Å². The van der Waals surface area contributed by atoms with Crippen molar-refractivity contribution in [1.29, 1.82) is 5.26 Å². The van der Waals surface area contributed by atoms with E-state index in [1.807, 2.05) is 12.1 Å². The lowest BCUT2D eigenvalue weighted by molar-refractivity contribution is 0.396. The second kappa shape index (κ2) is 6.81. The Hall–Kier alpha value is -1.60. The van der Waals surface area contributed by atoms with Gasteiger partial charge in [-0.2, -0.15) is 5.26 Å². The van der Waals surface area contributed by atoms with Crippen LogP contribution in [0, 0.1) is 11.3 Å². The van der Waals surface area contributed by atoms with Gasteiger partial charge >= 0.3 is 0 Å². The van der Waals surface area contributed by atoms with Gasteiger partial charge in [0.05, 0.1) is 19.6 Å². The average molecular weight is 219 g/mol. The molecule has 0 saturated heterocycles. The first-order valence-corrected chi connectivity index (χ1v) is 5.39. The second-order valence-corrected chi connectivity index (χ2v) is 3.55. The first-order chi connectivity index (χ1) is 7.80. The van der Waals surface area contributed by atoms with Crippen LogP contribution in [0.25, 0.3) is 0 Å². The molecule has 86 valence electrons. The molecule has 0 aliphatic heterocycles. The number of nitriles is 1. The standard InChI is InChI=1S/C12H17N3O/c1-3-11(4-6-13)15-9-10-5-7-14-12(8-10)16-2/h5,7-8,11,15H,3-4,9H2,1-2H3. The molecule has 0 aromatic carbocycles. The molecule has 1 N–H and O–H groups in total. The van der Waals surface area contributed by atoms with Crippen LogP contribution < -0.4 is 10.1 Å². The Bertz CT molecular complexity index is 360. The molecular formula is C12H17N3O. The van der Waals surface area contributed by atoms with E-state index in [0.717, 1.165) is 18.5 Å². The van der Waals surface area contributed by atoms with E-state index in [4.69, 9.17) is 10.00 Å². The molecule has 0 radical (unpaired) electrons. The van der Waals surface area contributed by atoms with Crippen LogP contribution in [0.4, 0.5) is 0 Å². The van der Waals surface area contributed by atoms with Crippen LogP contribution in [-0.2, 0) is 6.54 Å². The van der Waals surface area contributed by atoms with Crippen LogP contribution in [-0.4, -0.2) is 18.1 Å². The molecule has 0 fully saturated rings. The maximum atomic E-state index is 8.63. The number of methoxy groups -OCH3 is 1. The fourth-order valence-electron chi connectivity index (χ4n) is 1.41. The molecule has 1 aromatic rings. The molecular weight excluding hydrogens is 202 g/mol. The van der Waals surface area contributed by atoms with Crippen LogP contribution in [0.3, 0.4) is 0 Å². The fraction of sp³-hybridized carbons (Fsp3) is 0.500. The third kappa shape index (κ3) is 3.87. The normalized spacial score (nSPS) is 11.8. The number of pyridine rings is 1. The summed E-state index contributed by atoms with van der Waals surface area (Å²) < 4.78 is 5.04. The minimum atomic E-state index is 0.254. The number of nitrogens with one attached hydrogen (secondary N) is 1. The van der Waals surface area contributed by atoms with Gasteiger partial charge in [-0.1, -0.05) is 6.92 Å². The van der Waals surface area contributed by atoms with Gasteiger partial charge in [-0.3, -0.25) is 0 Å². The Labute approximate surface area is 96.3 Å². The molecule has 4 nitrogen and oxygen atoms in total. The Balaban J connectivity index is 2.50. The number of nitrogens with zero attached hydrogens (tertiary/aromatic N) is 2. The molecule has 1 aromatic heterocycles. The van der Waals surface area contributed by atoms with Crippen LogP contribution in [0.1, 0.15) is 25.3 Å². The summed E-state index contributed by atoms with van der Waals surface area (Å²) in [5.41, 5.74) is 1.11. The predicted molar refractivity (Wildman–Crippen MR) is 61.9 cm³/mol. The summed E-state index contributed by atoms with van der Waals surface area (Å²) in [7, 11) is 1.60. The van der Waals surface area contributed by atoms with Crippen molar-refractivity contribution >= 4 is 0 Å². The highest BCUT2D eigenvalue weighted by Gasteiger charge is 2.05. The van der Waals surface area contributed by atoms with Crippen LogP contribution in [0.5, 0.6) is 5.88 Å². The van der Waals surface area contributed by atoms with E-state index in [1.165, 1.54) is 0 Å². The first-order valence-electron chi connectivity index (χ1n) is 5.39. The third-order valence-electron chi connectivity index (χ3n) is 2.43. The van der Waals surface area contributed by atoms with Crippen molar-refractivity contribution in [3.05, 3.63) is 23.9 Å². The molecule has 0 bridgehead atoms. The van der Waals surface area contributed by atoms with Gasteiger partial charge in [0.25, 0.3) is 0 Å². The maximum Gasteiger partial charge on any atom is 0.213 e. The minimum absolute atomic E-state index is 0.254. The lowest BCUT2D eigenvalue weighted by Gasteiger charge is -2.13. The Kier molecular flexibility index (Phi) is 5.30. The molecule has 1 rings (SSSR count). The summed E-state index contributed by atoms with van der Waals surface area (Å²) in [5, 5.41) is 12.0. The van der Waals surface area contributed by atoms with Crippen molar-refractivity contribution in [2.75, 3.05) is 7.11 Å². The van der Waals surface area contributed by atoms with Crippen molar-refractivity contribution < 1.29 is 4.74 Å². The number of hydrogen-bond acceptors (Lipinski definition) is 4. The van der Waals surface area contributed by atoms with E-state index in [2.05, 4.69) is 23.3 Å². The van der Waals surface area contributed by atoms with Crippen LogP contribution in [0.2, 0.25) is 0 Å². The van der Waals surface area contributed by atoms with Gasteiger partial charge in [0.15, 0.2) is 0 Å².